The number of rotatable bonds is 9. The first-order valence-electron chi connectivity index (χ1n) is 22.3. The zero-order chi connectivity index (χ0) is 44.2. The summed E-state index contributed by atoms with van der Waals surface area (Å²) < 4.78 is 20.9. The highest BCUT2D eigenvalue weighted by molar-refractivity contribution is 6.33. The number of H-pyrrole nitrogens is 2. The number of hydrogen-bond acceptors (Lipinski definition) is 9. The van der Waals surface area contributed by atoms with Crippen LogP contribution in [0.1, 0.15) is 86.2 Å². The summed E-state index contributed by atoms with van der Waals surface area (Å²) in [7, 11) is 2.61. The Kier molecular flexibility index (Phi) is 11.7. The number of ether oxygens (including phenoxy) is 4. The summed E-state index contributed by atoms with van der Waals surface area (Å²) in [5, 5.41) is 8.45. The van der Waals surface area contributed by atoms with E-state index in [-0.39, 0.29) is 53.0 Å². The van der Waals surface area contributed by atoms with Crippen LogP contribution < -0.4 is 10.6 Å². The number of halogens is 2. The van der Waals surface area contributed by atoms with Gasteiger partial charge >= 0.3 is 12.2 Å². The van der Waals surface area contributed by atoms with Gasteiger partial charge < -0.3 is 49.3 Å². The Bertz CT molecular complexity index is 2540. The van der Waals surface area contributed by atoms with Gasteiger partial charge in [0.15, 0.2) is 5.15 Å². The van der Waals surface area contributed by atoms with E-state index in [0.717, 1.165) is 59.0 Å². The fourth-order valence-electron chi connectivity index (χ4n) is 10.7. The molecule has 4 N–H and O–H groups in total. The van der Waals surface area contributed by atoms with Crippen LogP contribution in [0.15, 0.2) is 42.5 Å². The summed E-state index contributed by atoms with van der Waals surface area (Å²) >= 11 is 13.6. The van der Waals surface area contributed by atoms with Crippen LogP contribution in [0.25, 0.3) is 22.0 Å². The predicted molar refractivity (Wildman–Crippen MR) is 236 cm³/mol. The molecule has 4 aliphatic heterocycles. The third kappa shape index (κ3) is 8.30. The monoisotopic (exact) mass is 911 g/mol. The molecule has 4 aromatic rings. The van der Waals surface area contributed by atoms with Crippen LogP contribution in [0, 0.1) is 35.5 Å². The first-order chi connectivity index (χ1) is 31.1. The molecule has 0 spiro atoms. The van der Waals surface area contributed by atoms with Crippen molar-refractivity contribution in [1.29, 1.82) is 0 Å². The van der Waals surface area contributed by atoms with Crippen molar-refractivity contribution in [2.45, 2.75) is 87.6 Å². The summed E-state index contributed by atoms with van der Waals surface area (Å²) in [4.78, 5) is 68.7. The summed E-state index contributed by atoms with van der Waals surface area (Å²) in [5.41, 5.74) is 3.79. The van der Waals surface area contributed by atoms with Gasteiger partial charge in [0.25, 0.3) is 0 Å². The van der Waals surface area contributed by atoms with Crippen molar-refractivity contribution in [3.05, 3.63) is 75.4 Å². The Hall–Kier alpha value is -5.27. The van der Waals surface area contributed by atoms with E-state index in [4.69, 9.17) is 42.1 Å². The lowest BCUT2D eigenvalue weighted by Crippen LogP contribution is -2.54. The SMILES string of the molecule is COC(=O)NC(C(=O)N1[C@@H]2C[C@@H]2C[C@H]1c1cc(Cl)c(-c2ccc3cc(C#Cc4[nH]c([C@@H]5C[C@H]6C[C@H]6N5C(=O)C(NC(=O)OC)C5CCOCC5)nc4Cl)ccc3c2)[nH]1)C1CCOCC1. The molecule has 6 aliphatic rings. The maximum atomic E-state index is 14.3. The van der Waals surface area contributed by atoms with Crippen molar-refractivity contribution in [2.75, 3.05) is 40.6 Å². The van der Waals surface area contributed by atoms with E-state index in [0.29, 0.717) is 80.5 Å². The van der Waals surface area contributed by atoms with Crippen LogP contribution in [-0.4, -0.2) is 114 Å². The van der Waals surface area contributed by atoms with Gasteiger partial charge in [0.1, 0.15) is 23.6 Å². The number of nitrogens with one attached hydrogen (secondary N) is 4. The molecular weight excluding hydrogens is 861 g/mol. The van der Waals surface area contributed by atoms with E-state index in [2.05, 4.69) is 43.5 Å². The number of nitrogens with zero attached hydrogens (tertiary/aromatic N) is 3. The standard InChI is InChI=1S/C47H51Cl2N7O8/c1-61-46(59)52-40(25-9-13-63-14-10-25)44(57)55-35-19-30(35)21-37(55)34-23-32(48)39(50-34)29-7-6-27-17-24(3-5-28(27)18-29)4-8-33-42(49)54-43(51-33)38-22-31-20-36(31)56(38)45(58)41(53-47(60)62-2)26-11-15-64-16-12-26/h3,5-7,17-18,23,25-26,30-31,35-38,40-41,50H,9-16,19-22H2,1-2H3,(H,51,54)(H,52,59)(H,53,60)/t30-,31-,35-,36-,37+,38+,40?,41?/m1/s1. The topological polar surface area (TPSA) is 180 Å². The molecule has 2 aliphatic carbocycles. The molecule has 2 aromatic carbocycles. The number of piperidine rings is 2. The number of benzene rings is 2. The number of carbonyl (C=O) groups is 4. The van der Waals surface area contributed by atoms with Gasteiger partial charge in [-0.15, -0.1) is 0 Å². The molecule has 8 atom stereocenters. The number of alkyl carbamates (subject to hydrolysis) is 2. The molecule has 2 aromatic heterocycles. The van der Waals surface area contributed by atoms with E-state index in [1.54, 1.807) is 0 Å². The van der Waals surface area contributed by atoms with Gasteiger partial charge in [-0.05, 0) is 116 Å². The van der Waals surface area contributed by atoms with Gasteiger partial charge in [-0.3, -0.25) is 9.59 Å². The molecule has 64 heavy (non-hydrogen) atoms. The average molecular weight is 913 g/mol. The van der Waals surface area contributed by atoms with Crippen LogP contribution >= 0.6 is 23.2 Å². The summed E-state index contributed by atoms with van der Waals surface area (Å²) in [6.45, 7) is 2.17. The van der Waals surface area contributed by atoms with Gasteiger partial charge in [0.05, 0.1) is 37.0 Å². The quantitative estimate of drug-likeness (QED) is 0.130. The normalized spacial score (nSPS) is 26.0. The number of aromatic amines is 2. The van der Waals surface area contributed by atoms with Crippen LogP contribution in [0.3, 0.4) is 0 Å². The van der Waals surface area contributed by atoms with E-state index in [9.17, 15) is 19.2 Å². The number of amides is 4. The average Bonchev–Trinajstić information content (AvgIpc) is 4.04. The molecule has 15 nitrogen and oxygen atoms in total. The van der Waals surface area contributed by atoms with Crippen LogP contribution in [-0.2, 0) is 28.5 Å². The molecule has 6 heterocycles. The fourth-order valence-corrected chi connectivity index (χ4v) is 11.1. The molecule has 0 bridgehead atoms. The van der Waals surface area contributed by atoms with E-state index < -0.39 is 24.3 Å². The number of carbonyl (C=O) groups excluding carboxylic acids is 4. The Morgan fingerprint density at radius 3 is 1.91 bits per heavy atom. The maximum Gasteiger partial charge on any atom is 0.407 e. The second kappa shape index (κ2) is 17.6. The lowest BCUT2D eigenvalue weighted by atomic mass is 9.90. The minimum absolute atomic E-state index is 0.0420. The number of imidazole rings is 1. The number of hydrogen-bond donors (Lipinski definition) is 4. The van der Waals surface area contributed by atoms with Gasteiger partial charge in [-0.2, -0.15) is 0 Å². The van der Waals surface area contributed by atoms with Crippen molar-refractivity contribution < 1.29 is 38.1 Å². The largest absolute Gasteiger partial charge is 0.453 e. The van der Waals surface area contributed by atoms with Gasteiger partial charge in [0, 0.05) is 55.3 Å². The predicted octanol–water partition coefficient (Wildman–Crippen LogP) is 6.89. The zero-order valence-corrected chi connectivity index (χ0v) is 37.2. The molecule has 2 unspecified atom stereocenters. The Morgan fingerprint density at radius 2 is 1.30 bits per heavy atom. The van der Waals surface area contributed by atoms with Crippen LogP contribution in [0.4, 0.5) is 9.59 Å². The van der Waals surface area contributed by atoms with Crippen molar-refractivity contribution in [1.82, 2.24) is 35.4 Å². The highest BCUT2D eigenvalue weighted by Crippen LogP contribution is 2.55. The minimum atomic E-state index is -0.727. The Balaban J connectivity index is 0.845. The summed E-state index contributed by atoms with van der Waals surface area (Å²) in [6.07, 6.45) is 4.90. The first kappa shape index (κ1) is 42.7. The number of likely N-dealkylation sites (tertiary alicyclic amines) is 2. The second-order valence-electron chi connectivity index (χ2n) is 18.0. The third-order valence-corrected chi connectivity index (χ3v) is 14.8. The smallest absolute Gasteiger partial charge is 0.407 e. The zero-order valence-electron chi connectivity index (χ0n) is 35.7. The lowest BCUT2D eigenvalue weighted by Gasteiger charge is -2.35. The third-order valence-electron chi connectivity index (χ3n) is 14.2. The number of fused-ring (bicyclic) bond motifs is 3. The van der Waals surface area contributed by atoms with E-state index >= 15 is 0 Å². The number of methoxy groups -OCH3 is 2. The molecule has 4 amide bonds. The molecule has 0 radical (unpaired) electrons. The van der Waals surface area contributed by atoms with Crippen molar-refractivity contribution in [3.63, 3.8) is 0 Å². The molecule has 17 heteroatoms. The minimum Gasteiger partial charge on any atom is -0.453 e. The molecular formula is C47H51Cl2N7O8. The molecule has 2 saturated carbocycles. The molecule has 10 rings (SSSR count). The Morgan fingerprint density at radius 1 is 0.734 bits per heavy atom. The fraction of sp³-hybridized carbons (Fsp3) is 0.511. The molecule has 336 valence electrons. The lowest BCUT2D eigenvalue weighted by molar-refractivity contribution is -0.138. The highest BCUT2D eigenvalue weighted by Gasteiger charge is 2.58. The second-order valence-corrected chi connectivity index (χ2v) is 18.8. The molecule has 4 saturated heterocycles. The Labute approximate surface area is 380 Å². The van der Waals surface area contributed by atoms with E-state index in [1.165, 1.54) is 14.2 Å². The maximum absolute atomic E-state index is 14.3. The van der Waals surface area contributed by atoms with Gasteiger partial charge in [0.2, 0.25) is 11.8 Å². The van der Waals surface area contributed by atoms with Crippen LogP contribution in [0.2, 0.25) is 10.2 Å². The van der Waals surface area contributed by atoms with Gasteiger partial charge in [-0.25, -0.2) is 14.6 Å². The summed E-state index contributed by atoms with van der Waals surface area (Å²) in [6, 6.07) is 12.3. The van der Waals surface area contributed by atoms with Crippen molar-refractivity contribution >= 4 is 58.0 Å². The number of aromatic nitrogens is 3. The van der Waals surface area contributed by atoms with Crippen molar-refractivity contribution in [2.24, 2.45) is 23.7 Å². The van der Waals surface area contributed by atoms with Gasteiger partial charge in [-0.1, -0.05) is 47.3 Å². The van der Waals surface area contributed by atoms with Crippen LogP contribution in [0.5, 0.6) is 0 Å². The first-order valence-corrected chi connectivity index (χ1v) is 23.0. The van der Waals surface area contributed by atoms with E-state index in [1.807, 2.05) is 46.2 Å². The summed E-state index contributed by atoms with van der Waals surface area (Å²) in [5.74, 6) is 7.43. The highest BCUT2D eigenvalue weighted by atomic mass is 35.5. The molecule has 6 fully saturated rings. The van der Waals surface area contributed by atoms with Crippen molar-refractivity contribution in [3.8, 4) is 23.1 Å².